The molecule has 0 heterocycles. The van der Waals surface area contributed by atoms with Crippen molar-refractivity contribution in [3.8, 4) is 5.75 Å². The summed E-state index contributed by atoms with van der Waals surface area (Å²) < 4.78 is 0. The fourth-order valence-electron chi connectivity index (χ4n) is 1.95. The van der Waals surface area contributed by atoms with E-state index in [4.69, 9.17) is 10.8 Å². The number of carbonyl (C=O) groups is 2. The van der Waals surface area contributed by atoms with Gasteiger partial charge in [0.15, 0.2) is 0 Å². The Morgan fingerprint density at radius 1 is 1.24 bits per heavy atom. The standard InChI is InChI=1S/C15H22N2O4/c1-9(2)7-13(15(20)21)17-14(19)12(16)8-10-3-5-11(18)6-4-10/h3-6,9,12-13,18H,7-8,16H2,1-2H3,(H,17,19)(H,20,21)/t12-,13+/m0/s1. The quantitative estimate of drug-likeness (QED) is 0.596. The van der Waals surface area contributed by atoms with Crippen LogP contribution in [0.2, 0.25) is 0 Å². The predicted molar refractivity (Wildman–Crippen MR) is 78.8 cm³/mol. The molecule has 0 bridgehead atoms. The summed E-state index contributed by atoms with van der Waals surface area (Å²) in [5.41, 5.74) is 6.60. The van der Waals surface area contributed by atoms with Gasteiger partial charge >= 0.3 is 5.97 Å². The molecule has 0 aliphatic carbocycles. The highest BCUT2D eigenvalue weighted by Crippen LogP contribution is 2.11. The number of phenols is 1. The van der Waals surface area contributed by atoms with Gasteiger partial charge in [-0.3, -0.25) is 4.79 Å². The number of benzene rings is 1. The summed E-state index contributed by atoms with van der Waals surface area (Å²) in [6.07, 6.45) is 0.632. The van der Waals surface area contributed by atoms with Crippen LogP contribution in [0.1, 0.15) is 25.8 Å². The van der Waals surface area contributed by atoms with Gasteiger partial charge in [-0.05, 0) is 36.5 Å². The van der Waals surface area contributed by atoms with Crippen LogP contribution in [0, 0.1) is 5.92 Å². The molecule has 0 aliphatic heterocycles. The Labute approximate surface area is 124 Å². The summed E-state index contributed by atoms with van der Waals surface area (Å²) in [4.78, 5) is 23.1. The van der Waals surface area contributed by atoms with Crippen molar-refractivity contribution < 1.29 is 19.8 Å². The Morgan fingerprint density at radius 2 is 1.81 bits per heavy atom. The van der Waals surface area contributed by atoms with Gasteiger partial charge in [-0.2, -0.15) is 0 Å². The van der Waals surface area contributed by atoms with Crippen LogP contribution in [0.15, 0.2) is 24.3 Å². The molecule has 21 heavy (non-hydrogen) atoms. The van der Waals surface area contributed by atoms with Crippen molar-refractivity contribution in [1.29, 1.82) is 0 Å². The first kappa shape index (κ1) is 17.0. The molecule has 0 spiro atoms. The van der Waals surface area contributed by atoms with Crippen LogP contribution in [0.5, 0.6) is 5.75 Å². The van der Waals surface area contributed by atoms with Crippen LogP contribution >= 0.6 is 0 Å². The van der Waals surface area contributed by atoms with Gasteiger partial charge < -0.3 is 21.3 Å². The molecule has 1 rings (SSSR count). The third kappa shape index (κ3) is 5.83. The van der Waals surface area contributed by atoms with E-state index >= 15 is 0 Å². The van der Waals surface area contributed by atoms with E-state index in [0.29, 0.717) is 6.42 Å². The lowest BCUT2D eigenvalue weighted by molar-refractivity contribution is -0.142. The van der Waals surface area contributed by atoms with Gasteiger partial charge in [0.25, 0.3) is 0 Å². The summed E-state index contributed by atoms with van der Waals surface area (Å²) >= 11 is 0. The topological polar surface area (TPSA) is 113 Å². The minimum absolute atomic E-state index is 0.139. The number of carbonyl (C=O) groups excluding carboxylic acids is 1. The van der Waals surface area contributed by atoms with Crippen molar-refractivity contribution in [2.45, 2.75) is 38.8 Å². The molecular weight excluding hydrogens is 272 g/mol. The Balaban J connectivity index is 2.60. The number of hydrogen-bond acceptors (Lipinski definition) is 4. The molecule has 0 radical (unpaired) electrons. The van der Waals surface area contributed by atoms with Gasteiger partial charge in [0.05, 0.1) is 6.04 Å². The Hall–Kier alpha value is -2.08. The van der Waals surface area contributed by atoms with Crippen molar-refractivity contribution in [2.75, 3.05) is 0 Å². The maximum Gasteiger partial charge on any atom is 0.326 e. The molecule has 5 N–H and O–H groups in total. The molecule has 2 atom stereocenters. The zero-order valence-electron chi connectivity index (χ0n) is 12.2. The summed E-state index contributed by atoms with van der Waals surface area (Å²) in [5, 5.41) is 20.7. The first-order valence-electron chi connectivity index (χ1n) is 6.86. The van der Waals surface area contributed by atoms with E-state index in [-0.39, 0.29) is 18.1 Å². The van der Waals surface area contributed by atoms with Gasteiger partial charge in [0.1, 0.15) is 11.8 Å². The van der Waals surface area contributed by atoms with Crippen LogP contribution in [-0.4, -0.2) is 34.2 Å². The molecule has 0 saturated heterocycles. The van der Waals surface area contributed by atoms with Crippen molar-refractivity contribution in [3.05, 3.63) is 29.8 Å². The fourth-order valence-corrected chi connectivity index (χ4v) is 1.95. The third-order valence-corrected chi connectivity index (χ3v) is 3.05. The highest BCUT2D eigenvalue weighted by atomic mass is 16.4. The zero-order chi connectivity index (χ0) is 16.0. The van der Waals surface area contributed by atoms with E-state index in [1.807, 2.05) is 13.8 Å². The van der Waals surface area contributed by atoms with Gasteiger partial charge in [0, 0.05) is 0 Å². The second-order valence-corrected chi connectivity index (χ2v) is 5.51. The third-order valence-electron chi connectivity index (χ3n) is 3.05. The minimum atomic E-state index is -1.06. The van der Waals surface area contributed by atoms with Crippen molar-refractivity contribution in [1.82, 2.24) is 5.32 Å². The Morgan fingerprint density at radius 3 is 2.29 bits per heavy atom. The Kier molecular flexibility index (Phi) is 6.17. The summed E-state index contributed by atoms with van der Waals surface area (Å²) in [5.74, 6) is -1.26. The molecule has 1 aromatic carbocycles. The maximum atomic E-state index is 12.0. The largest absolute Gasteiger partial charge is 0.508 e. The molecule has 116 valence electrons. The fraction of sp³-hybridized carbons (Fsp3) is 0.467. The molecule has 6 nitrogen and oxygen atoms in total. The maximum absolute atomic E-state index is 12.0. The first-order valence-corrected chi connectivity index (χ1v) is 6.86. The number of hydrogen-bond donors (Lipinski definition) is 4. The molecule has 0 fully saturated rings. The molecule has 0 aliphatic rings. The van der Waals surface area contributed by atoms with Crippen molar-refractivity contribution in [2.24, 2.45) is 11.7 Å². The summed E-state index contributed by atoms with van der Waals surface area (Å²) in [6, 6.07) is 4.61. The highest BCUT2D eigenvalue weighted by Gasteiger charge is 2.24. The molecule has 0 aromatic heterocycles. The number of carboxylic acids is 1. The number of nitrogens with one attached hydrogen (secondary N) is 1. The normalized spacial score (nSPS) is 13.7. The van der Waals surface area contributed by atoms with E-state index in [9.17, 15) is 14.7 Å². The van der Waals surface area contributed by atoms with Crippen LogP contribution < -0.4 is 11.1 Å². The number of rotatable bonds is 7. The van der Waals surface area contributed by atoms with Crippen LogP contribution in [-0.2, 0) is 16.0 Å². The number of phenolic OH excluding ortho intramolecular Hbond substituents is 1. The number of nitrogens with two attached hydrogens (primary N) is 1. The predicted octanol–water partition coefficient (Wildman–Crippen LogP) is 0.877. The average Bonchev–Trinajstić information content (AvgIpc) is 2.39. The molecule has 0 unspecified atom stereocenters. The van der Waals surface area contributed by atoms with Crippen LogP contribution in [0.3, 0.4) is 0 Å². The lowest BCUT2D eigenvalue weighted by Gasteiger charge is -2.19. The molecule has 6 heteroatoms. The monoisotopic (exact) mass is 294 g/mol. The molecular formula is C15H22N2O4. The van der Waals surface area contributed by atoms with Crippen molar-refractivity contribution >= 4 is 11.9 Å². The van der Waals surface area contributed by atoms with E-state index in [1.54, 1.807) is 12.1 Å². The minimum Gasteiger partial charge on any atom is -0.508 e. The number of amides is 1. The number of aromatic hydroxyl groups is 1. The highest BCUT2D eigenvalue weighted by molar-refractivity contribution is 5.86. The van der Waals surface area contributed by atoms with E-state index in [1.165, 1.54) is 12.1 Å². The Bertz CT molecular complexity index is 485. The smallest absolute Gasteiger partial charge is 0.326 e. The zero-order valence-corrected chi connectivity index (χ0v) is 12.2. The SMILES string of the molecule is CC(C)C[C@@H](NC(=O)[C@@H](N)Cc1ccc(O)cc1)C(=O)O. The molecule has 0 saturated carbocycles. The van der Waals surface area contributed by atoms with Gasteiger partial charge in [-0.1, -0.05) is 26.0 Å². The van der Waals surface area contributed by atoms with E-state index < -0.39 is 24.0 Å². The average molecular weight is 294 g/mol. The number of carboxylic acid groups (broad SMARTS) is 1. The van der Waals surface area contributed by atoms with E-state index in [2.05, 4.69) is 5.32 Å². The van der Waals surface area contributed by atoms with Crippen LogP contribution in [0.25, 0.3) is 0 Å². The van der Waals surface area contributed by atoms with Crippen molar-refractivity contribution in [3.63, 3.8) is 0 Å². The second kappa shape index (κ2) is 7.64. The molecule has 1 aromatic rings. The first-order chi connectivity index (χ1) is 9.79. The van der Waals surface area contributed by atoms with Gasteiger partial charge in [-0.25, -0.2) is 4.79 Å². The lowest BCUT2D eigenvalue weighted by Crippen LogP contribution is -2.49. The van der Waals surface area contributed by atoms with Crippen LogP contribution in [0.4, 0.5) is 0 Å². The van der Waals surface area contributed by atoms with Gasteiger partial charge in [-0.15, -0.1) is 0 Å². The molecule has 1 amide bonds. The summed E-state index contributed by atoms with van der Waals surface area (Å²) in [7, 11) is 0. The summed E-state index contributed by atoms with van der Waals surface area (Å²) in [6.45, 7) is 3.77. The van der Waals surface area contributed by atoms with Gasteiger partial charge in [0.2, 0.25) is 5.91 Å². The number of aliphatic carboxylic acids is 1. The van der Waals surface area contributed by atoms with E-state index in [0.717, 1.165) is 5.56 Å². The lowest BCUT2D eigenvalue weighted by atomic mass is 10.0. The second-order valence-electron chi connectivity index (χ2n) is 5.51.